The van der Waals surface area contributed by atoms with E-state index in [2.05, 4.69) is 39.8 Å². The van der Waals surface area contributed by atoms with Crippen LogP contribution in [-0.4, -0.2) is 5.78 Å². The van der Waals surface area contributed by atoms with Gasteiger partial charge in [-0.1, -0.05) is 38.5 Å². The maximum Gasteiger partial charge on any atom is 0.136 e. The van der Waals surface area contributed by atoms with E-state index in [0.29, 0.717) is 18.6 Å². The van der Waals surface area contributed by atoms with Crippen LogP contribution in [-0.2, 0) is 4.79 Å². The third kappa shape index (κ3) is 3.33. The molecule has 0 saturated heterocycles. The molecule has 1 nitrogen and oxygen atoms in total. The summed E-state index contributed by atoms with van der Waals surface area (Å²) in [5, 5.41) is 0. The van der Waals surface area contributed by atoms with Crippen LogP contribution in [0.5, 0.6) is 0 Å². The minimum atomic E-state index is 0.241. The van der Waals surface area contributed by atoms with E-state index >= 15 is 0 Å². The Bertz CT molecular complexity index is 318. The van der Waals surface area contributed by atoms with Crippen LogP contribution in [0, 0.1) is 5.41 Å². The molecule has 90 valence electrons. The summed E-state index contributed by atoms with van der Waals surface area (Å²) in [7, 11) is 0. The van der Waals surface area contributed by atoms with Gasteiger partial charge in [-0.2, -0.15) is 0 Å². The standard InChI is InChI=1S/C15H24O/c1-5-7-13(16)9-10-14-12(2)8-6-11-15(14,3)4/h8,10H,5-7,9,11H2,1-4H3. The molecule has 1 rings (SSSR count). The molecule has 1 aliphatic rings. The molecule has 0 aromatic rings. The number of ketones is 1. The summed E-state index contributed by atoms with van der Waals surface area (Å²) in [5.74, 6) is 0.365. The third-order valence-corrected chi connectivity index (χ3v) is 3.44. The zero-order valence-electron chi connectivity index (χ0n) is 11.1. The minimum absolute atomic E-state index is 0.241. The second-order valence-corrected chi connectivity index (χ2v) is 5.42. The molecule has 0 saturated carbocycles. The highest BCUT2D eigenvalue weighted by atomic mass is 16.1. The van der Waals surface area contributed by atoms with Crippen LogP contribution in [0.2, 0.25) is 0 Å². The van der Waals surface area contributed by atoms with Crippen molar-refractivity contribution in [1.82, 2.24) is 0 Å². The summed E-state index contributed by atoms with van der Waals surface area (Å²) in [6, 6.07) is 0. The molecule has 0 bridgehead atoms. The number of rotatable bonds is 4. The van der Waals surface area contributed by atoms with Crippen LogP contribution < -0.4 is 0 Å². The van der Waals surface area contributed by atoms with Crippen LogP contribution >= 0.6 is 0 Å². The van der Waals surface area contributed by atoms with E-state index in [1.807, 2.05) is 0 Å². The number of carbonyl (C=O) groups excluding carboxylic acids is 1. The normalized spacial score (nSPS) is 22.0. The molecular formula is C15H24O. The molecule has 0 fully saturated rings. The summed E-state index contributed by atoms with van der Waals surface area (Å²) in [5.41, 5.74) is 2.98. The molecule has 16 heavy (non-hydrogen) atoms. The van der Waals surface area contributed by atoms with Crippen LogP contribution in [0.25, 0.3) is 0 Å². The summed E-state index contributed by atoms with van der Waals surface area (Å²) in [6.07, 6.45) is 9.09. The van der Waals surface area contributed by atoms with Crippen molar-refractivity contribution in [1.29, 1.82) is 0 Å². The van der Waals surface area contributed by atoms with Gasteiger partial charge in [0.25, 0.3) is 0 Å². The number of carbonyl (C=O) groups is 1. The number of hydrogen-bond donors (Lipinski definition) is 0. The average Bonchev–Trinajstić information content (AvgIpc) is 2.16. The fraction of sp³-hybridized carbons (Fsp3) is 0.667. The highest BCUT2D eigenvalue weighted by Gasteiger charge is 2.26. The van der Waals surface area contributed by atoms with E-state index in [-0.39, 0.29) is 5.41 Å². The third-order valence-electron chi connectivity index (χ3n) is 3.44. The van der Waals surface area contributed by atoms with Gasteiger partial charge in [-0.05, 0) is 37.2 Å². The second kappa shape index (κ2) is 5.47. The predicted molar refractivity (Wildman–Crippen MR) is 69.4 cm³/mol. The predicted octanol–water partition coefficient (Wildman–Crippen LogP) is 4.44. The summed E-state index contributed by atoms with van der Waals surface area (Å²) in [4.78, 5) is 11.5. The Kier molecular flexibility index (Phi) is 4.52. The van der Waals surface area contributed by atoms with Crippen molar-refractivity contribution in [2.45, 2.75) is 59.8 Å². The van der Waals surface area contributed by atoms with Gasteiger partial charge in [0.15, 0.2) is 0 Å². The van der Waals surface area contributed by atoms with Crippen LogP contribution in [0.4, 0.5) is 0 Å². The lowest BCUT2D eigenvalue weighted by molar-refractivity contribution is -0.118. The van der Waals surface area contributed by atoms with Crippen molar-refractivity contribution in [2.75, 3.05) is 0 Å². The zero-order chi connectivity index (χ0) is 12.2. The van der Waals surface area contributed by atoms with E-state index in [9.17, 15) is 4.79 Å². The first-order valence-corrected chi connectivity index (χ1v) is 6.37. The van der Waals surface area contributed by atoms with Crippen molar-refractivity contribution in [3.05, 3.63) is 23.3 Å². The highest BCUT2D eigenvalue weighted by Crippen LogP contribution is 2.40. The Hall–Kier alpha value is -0.850. The molecule has 0 atom stereocenters. The van der Waals surface area contributed by atoms with E-state index in [0.717, 1.165) is 6.42 Å². The molecule has 0 aromatic carbocycles. The van der Waals surface area contributed by atoms with Crippen LogP contribution in [0.15, 0.2) is 23.3 Å². The Morgan fingerprint density at radius 2 is 2.19 bits per heavy atom. The van der Waals surface area contributed by atoms with Gasteiger partial charge in [0.2, 0.25) is 0 Å². The van der Waals surface area contributed by atoms with Crippen molar-refractivity contribution < 1.29 is 4.79 Å². The Labute approximate surface area is 99.6 Å². The molecular weight excluding hydrogens is 196 g/mol. The first-order chi connectivity index (χ1) is 7.47. The molecule has 0 aromatic heterocycles. The van der Waals surface area contributed by atoms with Crippen molar-refractivity contribution >= 4 is 5.78 Å². The fourth-order valence-corrected chi connectivity index (χ4v) is 2.46. The molecule has 1 heteroatoms. The van der Waals surface area contributed by atoms with E-state index in [4.69, 9.17) is 0 Å². The molecule has 0 N–H and O–H groups in total. The van der Waals surface area contributed by atoms with Crippen molar-refractivity contribution in [3.63, 3.8) is 0 Å². The molecule has 0 heterocycles. The Morgan fingerprint density at radius 3 is 2.75 bits per heavy atom. The molecule has 0 radical (unpaired) electrons. The van der Waals surface area contributed by atoms with Gasteiger partial charge in [0, 0.05) is 12.8 Å². The van der Waals surface area contributed by atoms with Crippen LogP contribution in [0.1, 0.15) is 59.8 Å². The topological polar surface area (TPSA) is 17.1 Å². The molecule has 0 amide bonds. The molecule has 0 unspecified atom stereocenters. The Balaban J connectivity index is 2.75. The second-order valence-electron chi connectivity index (χ2n) is 5.42. The Morgan fingerprint density at radius 1 is 1.50 bits per heavy atom. The minimum Gasteiger partial charge on any atom is -0.299 e. The fourth-order valence-electron chi connectivity index (χ4n) is 2.46. The number of Topliss-reactive ketones (excluding diaryl/α,β-unsaturated/α-hetero) is 1. The maximum absolute atomic E-state index is 11.5. The SMILES string of the molecule is CCCC(=O)CC=C1C(C)=CCCC1(C)C. The van der Waals surface area contributed by atoms with Gasteiger partial charge in [0.05, 0.1) is 0 Å². The van der Waals surface area contributed by atoms with Gasteiger partial charge < -0.3 is 0 Å². The summed E-state index contributed by atoms with van der Waals surface area (Å²) < 4.78 is 0. The summed E-state index contributed by atoms with van der Waals surface area (Å²) in [6.45, 7) is 8.77. The first kappa shape index (κ1) is 13.2. The molecule has 0 spiro atoms. The quantitative estimate of drug-likeness (QED) is 0.684. The van der Waals surface area contributed by atoms with Gasteiger partial charge in [-0.25, -0.2) is 0 Å². The van der Waals surface area contributed by atoms with Gasteiger partial charge in [-0.3, -0.25) is 4.79 Å². The van der Waals surface area contributed by atoms with E-state index < -0.39 is 0 Å². The van der Waals surface area contributed by atoms with Gasteiger partial charge in [-0.15, -0.1) is 0 Å². The number of hydrogen-bond acceptors (Lipinski definition) is 1. The lowest BCUT2D eigenvalue weighted by atomic mass is 9.73. The zero-order valence-corrected chi connectivity index (χ0v) is 11.1. The smallest absolute Gasteiger partial charge is 0.136 e. The van der Waals surface area contributed by atoms with Gasteiger partial charge >= 0.3 is 0 Å². The maximum atomic E-state index is 11.5. The van der Waals surface area contributed by atoms with E-state index in [1.165, 1.54) is 24.0 Å². The number of allylic oxidation sites excluding steroid dienone is 4. The van der Waals surface area contributed by atoms with Crippen molar-refractivity contribution in [2.24, 2.45) is 5.41 Å². The van der Waals surface area contributed by atoms with E-state index in [1.54, 1.807) is 0 Å². The lowest BCUT2D eigenvalue weighted by Gasteiger charge is -2.32. The first-order valence-electron chi connectivity index (χ1n) is 6.37. The largest absolute Gasteiger partial charge is 0.299 e. The van der Waals surface area contributed by atoms with Crippen molar-refractivity contribution in [3.8, 4) is 0 Å². The lowest BCUT2D eigenvalue weighted by Crippen LogP contribution is -2.19. The van der Waals surface area contributed by atoms with Gasteiger partial charge in [0.1, 0.15) is 5.78 Å². The average molecular weight is 220 g/mol. The summed E-state index contributed by atoms with van der Waals surface area (Å²) >= 11 is 0. The molecule has 0 aliphatic heterocycles. The molecule has 1 aliphatic carbocycles. The monoisotopic (exact) mass is 220 g/mol. The highest BCUT2D eigenvalue weighted by molar-refractivity contribution is 5.80. The van der Waals surface area contributed by atoms with Crippen LogP contribution in [0.3, 0.4) is 0 Å².